The summed E-state index contributed by atoms with van der Waals surface area (Å²) in [5.41, 5.74) is 3.05. The minimum absolute atomic E-state index is 0.114. The Kier molecular flexibility index (Phi) is 6.29. The third kappa shape index (κ3) is 4.68. The summed E-state index contributed by atoms with van der Waals surface area (Å²) >= 11 is 0. The van der Waals surface area contributed by atoms with E-state index in [1.807, 2.05) is 12.1 Å². The molecular weight excluding hydrogens is 358 g/mol. The van der Waals surface area contributed by atoms with Gasteiger partial charge in [0.1, 0.15) is 6.04 Å². The molecule has 1 atom stereocenters. The van der Waals surface area contributed by atoms with Crippen molar-refractivity contribution in [3.05, 3.63) is 59.0 Å². The van der Waals surface area contributed by atoms with Gasteiger partial charge in [-0.3, -0.25) is 9.59 Å². The molecule has 1 aliphatic rings. The zero-order valence-corrected chi connectivity index (χ0v) is 16.2. The first kappa shape index (κ1) is 19.9. The van der Waals surface area contributed by atoms with Gasteiger partial charge in [0.15, 0.2) is 18.2 Å². The molecule has 1 amide bonds. The van der Waals surface area contributed by atoms with Crippen LogP contribution in [0, 0.1) is 5.92 Å². The Morgan fingerprint density at radius 1 is 1.11 bits per heavy atom. The Bertz CT molecular complexity index is 854. The molecule has 0 saturated heterocycles. The number of amides is 1. The van der Waals surface area contributed by atoms with Crippen LogP contribution in [0.25, 0.3) is 0 Å². The topological polar surface area (TPSA) is 85.6 Å². The van der Waals surface area contributed by atoms with Gasteiger partial charge in [0.05, 0.1) is 6.26 Å². The van der Waals surface area contributed by atoms with E-state index in [9.17, 15) is 14.4 Å². The fourth-order valence-corrected chi connectivity index (χ4v) is 3.33. The molecule has 1 unspecified atom stereocenters. The van der Waals surface area contributed by atoms with Crippen molar-refractivity contribution in [2.24, 2.45) is 5.92 Å². The van der Waals surface area contributed by atoms with E-state index in [1.165, 1.54) is 29.9 Å². The molecule has 0 radical (unpaired) electrons. The number of ketones is 1. The molecule has 1 aliphatic carbocycles. The van der Waals surface area contributed by atoms with E-state index in [0.29, 0.717) is 5.56 Å². The number of carbonyl (C=O) groups is 3. The van der Waals surface area contributed by atoms with Gasteiger partial charge in [-0.2, -0.15) is 0 Å². The second-order valence-corrected chi connectivity index (χ2v) is 7.39. The fraction of sp³-hybridized carbons (Fsp3) is 0.409. The molecule has 1 aromatic heterocycles. The zero-order valence-electron chi connectivity index (χ0n) is 16.2. The van der Waals surface area contributed by atoms with Gasteiger partial charge < -0.3 is 14.5 Å². The number of carbonyl (C=O) groups excluding carboxylic acids is 3. The van der Waals surface area contributed by atoms with Crippen LogP contribution in [-0.4, -0.2) is 30.3 Å². The number of ether oxygens (including phenoxy) is 1. The predicted octanol–water partition coefficient (Wildman–Crippen LogP) is 3.34. The Morgan fingerprint density at radius 2 is 1.86 bits per heavy atom. The molecule has 3 rings (SSSR count). The molecule has 0 fully saturated rings. The molecule has 1 N–H and O–H groups in total. The summed E-state index contributed by atoms with van der Waals surface area (Å²) in [6.07, 6.45) is 5.72. The Hall–Kier alpha value is -2.89. The minimum Gasteiger partial charge on any atom is -0.459 e. The third-order valence-corrected chi connectivity index (χ3v) is 4.97. The first-order valence-electron chi connectivity index (χ1n) is 9.61. The first-order valence-corrected chi connectivity index (χ1v) is 9.61. The lowest BCUT2D eigenvalue weighted by molar-refractivity contribution is -0.145. The first-order chi connectivity index (χ1) is 13.5. The summed E-state index contributed by atoms with van der Waals surface area (Å²) in [6.45, 7) is 3.23. The standard InChI is InChI=1S/C22H25NO5/c1-14(2)20(23-21(25)19-8-5-11-27-19)22(26)28-13-18(24)17-10-9-15-6-3-4-7-16(15)12-17/h5,8-12,14,20H,3-4,6-7,13H2,1-2H3,(H,23,25). The monoisotopic (exact) mass is 383 g/mol. The quantitative estimate of drug-likeness (QED) is 0.585. The van der Waals surface area contributed by atoms with E-state index in [1.54, 1.807) is 26.0 Å². The fourth-order valence-electron chi connectivity index (χ4n) is 3.33. The Morgan fingerprint density at radius 3 is 2.54 bits per heavy atom. The number of furan rings is 1. The molecule has 28 heavy (non-hydrogen) atoms. The minimum atomic E-state index is -0.867. The molecule has 1 heterocycles. The maximum atomic E-state index is 12.5. The zero-order chi connectivity index (χ0) is 20.1. The molecule has 1 aromatic carbocycles. The molecule has 6 heteroatoms. The third-order valence-electron chi connectivity index (χ3n) is 4.97. The number of Topliss-reactive ketones (excluding diaryl/α,β-unsaturated/α-hetero) is 1. The number of hydrogen-bond acceptors (Lipinski definition) is 5. The van der Waals surface area contributed by atoms with E-state index >= 15 is 0 Å². The van der Waals surface area contributed by atoms with Crippen LogP contribution in [0.5, 0.6) is 0 Å². The van der Waals surface area contributed by atoms with Crippen molar-refractivity contribution in [1.82, 2.24) is 5.32 Å². The SMILES string of the molecule is CC(C)C(NC(=O)c1ccco1)C(=O)OCC(=O)c1ccc2c(c1)CCCC2. The molecule has 0 spiro atoms. The second-order valence-electron chi connectivity index (χ2n) is 7.39. The number of benzene rings is 1. The summed E-state index contributed by atoms with van der Waals surface area (Å²) in [4.78, 5) is 37.0. The second kappa shape index (κ2) is 8.87. The maximum Gasteiger partial charge on any atom is 0.329 e. The summed E-state index contributed by atoms with van der Waals surface area (Å²) in [5.74, 6) is -1.47. The molecule has 6 nitrogen and oxygen atoms in total. The highest BCUT2D eigenvalue weighted by Gasteiger charge is 2.27. The number of esters is 1. The van der Waals surface area contributed by atoms with E-state index in [0.717, 1.165) is 19.3 Å². The molecule has 0 bridgehead atoms. The van der Waals surface area contributed by atoms with Gasteiger partial charge in [-0.15, -0.1) is 0 Å². The summed E-state index contributed by atoms with van der Waals surface area (Å²) in [7, 11) is 0. The van der Waals surface area contributed by atoms with Crippen molar-refractivity contribution in [3.63, 3.8) is 0 Å². The molecule has 2 aromatic rings. The van der Waals surface area contributed by atoms with Crippen molar-refractivity contribution < 1.29 is 23.5 Å². The number of hydrogen-bond donors (Lipinski definition) is 1. The van der Waals surface area contributed by atoms with E-state index in [-0.39, 0.29) is 24.1 Å². The normalized spacial score (nSPS) is 14.2. The van der Waals surface area contributed by atoms with Gasteiger partial charge in [0.2, 0.25) is 0 Å². The highest BCUT2D eigenvalue weighted by atomic mass is 16.5. The van der Waals surface area contributed by atoms with Crippen molar-refractivity contribution in [2.75, 3.05) is 6.61 Å². The van der Waals surface area contributed by atoms with Crippen molar-refractivity contribution >= 4 is 17.7 Å². The average molecular weight is 383 g/mol. The van der Waals surface area contributed by atoms with Crippen LogP contribution < -0.4 is 5.32 Å². The maximum absolute atomic E-state index is 12.5. The van der Waals surface area contributed by atoms with Crippen molar-refractivity contribution in [1.29, 1.82) is 0 Å². The summed E-state index contributed by atoms with van der Waals surface area (Å²) in [5, 5.41) is 2.60. The van der Waals surface area contributed by atoms with Crippen LogP contribution in [0.4, 0.5) is 0 Å². The van der Waals surface area contributed by atoms with Crippen molar-refractivity contribution in [2.45, 2.75) is 45.6 Å². The van der Waals surface area contributed by atoms with Crippen LogP contribution in [0.15, 0.2) is 41.0 Å². The number of rotatable bonds is 7. The molecule has 148 valence electrons. The van der Waals surface area contributed by atoms with Gasteiger partial charge in [0.25, 0.3) is 5.91 Å². The van der Waals surface area contributed by atoms with Crippen LogP contribution >= 0.6 is 0 Å². The predicted molar refractivity (Wildman–Crippen MR) is 103 cm³/mol. The average Bonchev–Trinajstić information content (AvgIpc) is 3.24. The summed E-state index contributed by atoms with van der Waals surface area (Å²) in [6, 6.07) is 7.92. The lowest BCUT2D eigenvalue weighted by atomic mass is 9.90. The lowest BCUT2D eigenvalue weighted by Crippen LogP contribution is -2.45. The number of fused-ring (bicyclic) bond motifs is 1. The highest BCUT2D eigenvalue weighted by molar-refractivity contribution is 5.99. The largest absolute Gasteiger partial charge is 0.459 e. The van der Waals surface area contributed by atoms with Gasteiger partial charge in [-0.05, 0) is 60.9 Å². The van der Waals surface area contributed by atoms with Crippen molar-refractivity contribution in [3.8, 4) is 0 Å². The van der Waals surface area contributed by atoms with Gasteiger partial charge in [0, 0.05) is 5.56 Å². The van der Waals surface area contributed by atoms with Crippen LogP contribution in [0.1, 0.15) is 58.7 Å². The van der Waals surface area contributed by atoms with Gasteiger partial charge in [-0.25, -0.2) is 4.79 Å². The van der Waals surface area contributed by atoms with E-state index < -0.39 is 17.9 Å². The van der Waals surface area contributed by atoms with E-state index in [2.05, 4.69) is 5.32 Å². The highest BCUT2D eigenvalue weighted by Crippen LogP contribution is 2.22. The molecule has 0 aliphatic heterocycles. The van der Waals surface area contributed by atoms with Gasteiger partial charge in [-0.1, -0.05) is 26.0 Å². The molecule has 0 saturated carbocycles. The summed E-state index contributed by atoms with van der Waals surface area (Å²) < 4.78 is 10.2. The van der Waals surface area contributed by atoms with Crippen LogP contribution in [0.2, 0.25) is 0 Å². The number of nitrogens with one attached hydrogen (secondary N) is 1. The van der Waals surface area contributed by atoms with Crippen LogP contribution in [0.3, 0.4) is 0 Å². The number of aryl methyl sites for hydroxylation is 2. The molecular formula is C22H25NO5. The van der Waals surface area contributed by atoms with Gasteiger partial charge >= 0.3 is 5.97 Å². The lowest BCUT2D eigenvalue weighted by Gasteiger charge is -2.20. The Balaban J connectivity index is 1.59. The van der Waals surface area contributed by atoms with E-state index in [4.69, 9.17) is 9.15 Å². The smallest absolute Gasteiger partial charge is 0.329 e. The Labute approximate surface area is 164 Å². The van der Waals surface area contributed by atoms with Crippen LogP contribution in [-0.2, 0) is 22.4 Å².